The molecule has 3 heterocycles. The van der Waals surface area contributed by atoms with Gasteiger partial charge in [-0.1, -0.05) is 18.2 Å². The van der Waals surface area contributed by atoms with Crippen LogP contribution in [0.3, 0.4) is 0 Å². The SMILES string of the molecule is COc1ccc(CN2C(=S)N[C@H](c3ccccn3)[C@H]2c2cccn2-c2ccc(OC)cc2)cc1. The van der Waals surface area contributed by atoms with Gasteiger partial charge in [0.25, 0.3) is 0 Å². The van der Waals surface area contributed by atoms with Crippen LogP contribution >= 0.6 is 12.2 Å². The molecule has 0 bridgehead atoms. The van der Waals surface area contributed by atoms with E-state index in [0.717, 1.165) is 34.1 Å². The van der Waals surface area contributed by atoms with Crippen molar-refractivity contribution >= 4 is 17.3 Å². The van der Waals surface area contributed by atoms with Crippen LogP contribution in [0, 0.1) is 0 Å². The van der Waals surface area contributed by atoms with E-state index >= 15 is 0 Å². The summed E-state index contributed by atoms with van der Waals surface area (Å²) in [4.78, 5) is 6.90. The molecular formula is C27H26N4O2S. The van der Waals surface area contributed by atoms with E-state index in [0.29, 0.717) is 11.7 Å². The van der Waals surface area contributed by atoms with Crippen LogP contribution in [-0.2, 0) is 6.54 Å². The van der Waals surface area contributed by atoms with Gasteiger partial charge in [-0.05, 0) is 78.4 Å². The molecule has 1 aliphatic heterocycles. The minimum Gasteiger partial charge on any atom is -0.497 e. The van der Waals surface area contributed by atoms with Crippen LogP contribution in [0.4, 0.5) is 0 Å². The highest BCUT2D eigenvalue weighted by Gasteiger charge is 2.41. The number of nitrogens with one attached hydrogen (secondary N) is 1. The monoisotopic (exact) mass is 470 g/mol. The molecule has 6 nitrogen and oxygen atoms in total. The van der Waals surface area contributed by atoms with Crippen molar-refractivity contribution in [1.29, 1.82) is 0 Å². The molecule has 2 atom stereocenters. The number of rotatable bonds is 7. The number of benzene rings is 2. The first-order valence-electron chi connectivity index (χ1n) is 11.1. The summed E-state index contributed by atoms with van der Waals surface area (Å²) >= 11 is 5.85. The van der Waals surface area contributed by atoms with Gasteiger partial charge in [-0.2, -0.15) is 0 Å². The minimum atomic E-state index is -0.0844. The number of pyridine rings is 1. The van der Waals surface area contributed by atoms with Gasteiger partial charge in [0.05, 0.1) is 32.0 Å². The summed E-state index contributed by atoms with van der Waals surface area (Å²) in [6, 6.07) is 26.3. The summed E-state index contributed by atoms with van der Waals surface area (Å²) in [5.41, 5.74) is 4.29. The third-order valence-electron chi connectivity index (χ3n) is 6.14. The van der Waals surface area contributed by atoms with Crippen molar-refractivity contribution in [3.63, 3.8) is 0 Å². The Kier molecular flexibility index (Phi) is 6.18. The normalized spacial score (nSPS) is 17.5. The second-order valence-corrected chi connectivity index (χ2v) is 8.49. The highest BCUT2D eigenvalue weighted by atomic mass is 32.1. The zero-order valence-corrected chi connectivity index (χ0v) is 19.9. The maximum absolute atomic E-state index is 5.85. The van der Waals surface area contributed by atoms with Gasteiger partial charge in [-0.15, -0.1) is 0 Å². The molecule has 1 saturated heterocycles. The van der Waals surface area contributed by atoms with Crippen LogP contribution in [-0.4, -0.2) is 33.8 Å². The van der Waals surface area contributed by atoms with Crippen LogP contribution < -0.4 is 14.8 Å². The van der Waals surface area contributed by atoms with Crippen molar-refractivity contribution in [2.75, 3.05) is 14.2 Å². The summed E-state index contributed by atoms with van der Waals surface area (Å²) in [7, 11) is 3.35. The summed E-state index contributed by atoms with van der Waals surface area (Å²) in [5.74, 6) is 1.66. The summed E-state index contributed by atoms with van der Waals surface area (Å²) < 4.78 is 12.9. The zero-order chi connectivity index (χ0) is 23.5. The lowest BCUT2D eigenvalue weighted by Crippen LogP contribution is -2.30. The van der Waals surface area contributed by atoms with Crippen LogP contribution in [0.1, 0.15) is 29.0 Å². The molecule has 0 aliphatic carbocycles. The van der Waals surface area contributed by atoms with Crippen molar-refractivity contribution in [2.24, 2.45) is 0 Å². The molecule has 0 saturated carbocycles. The van der Waals surface area contributed by atoms with Gasteiger partial charge in [0, 0.05) is 30.3 Å². The molecule has 1 fully saturated rings. The molecule has 5 rings (SSSR count). The Balaban J connectivity index is 1.56. The van der Waals surface area contributed by atoms with E-state index in [-0.39, 0.29) is 12.1 Å². The third-order valence-corrected chi connectivity index (χ3v) is 6.50. The first-order valence-corrected chi connectivity index (χ1v) is 11.5. The van der Waals surface area contributed by atoms with Crippen LogP contribution in [0.15, 0.2) is 91.3 Å². The molecule has 1 N–H and O–H groups in total. The smallest absolute Gasteiger partial charge is 0.170 e. The van der Waals surface area contributed by atoms with Crippen LogP contribution in [0.2, 0.25) is 0 Å². The number of methoxy groups -OCH3 is 2. The largest absolute Gasteiger partial charge is 0.497 e. The summed E-state index contributed by atoms with van der Waals surface area (Å²) in [5, 5.41) is 4.24. The fourth-order valence-corrected chi connectivity index (χ4v) is 4.74. The third kappa shape index (κ3) is 4.22. The van der Waals surface area contributed by atoms with Crippen molar-refractivity contribution in [3.8, 4) is 17.2 Å². The summed E-state index contributed by atoms with van der Waals surface area (Å²) in [6.07, 6.45) is 3.91. The van der Waals surface area contributed by atoms with Gasteiger partial charge >= 0.3 is 0 Å². The van der Waals surface area contributed by atoms with Crippen molar-refractivity contribution in [2.45, 2.75) is 18.6 Å². The van der Waals surface area contributed by atoms with E-state index in [1.54, 1.807) is 14.2 Å². The van der Waals surface area contributed by atoms with Gasteiger partial charge in [-0.25, -0.2) is 0 Å². The second-order valence-electron chi connectivity index (χ2n) is 8.10. The highest BCUT2D eigenvalue weighted by Crippen LogP contribution is 2.40. The average Bonchev–Trinajstić information content (AvgIpc) is 3.49. The molecule has 2 aromatic heterocycles. The lowest BCUT2D eigenvalue weighted by Gasteiger charge is -2.29. The number of ether oxygens (including phenoxy) is 2. The van der Waals surface area contributed by atoms with Crippen LogP contribution in [0.5, 0.6) is 11.5 Å². The average molecular weight is 471 g/mol. The Hall–Kier alpha value is -3.84. The maximum atomic E-state index is 5.85. The molecule has 172 valence electrons. The van der Waals surface area contributed by atoms with Crippen molar-refractivity contribution in [1.82, 2.24) is 19.8 Å². The van der Waals surface area contributed by atoms with Gasteiger partial charge in [0.15, 0.2) is 5.11 Å². The van der Waals surface area contributed by atoms with Gasteiger partial charge in [-0.3, -0.25) is 4.98 Å². The van der Waals surface area contributed by atoms with Gasteiger partial charge in [0.2, 0.25) is 0 Å². The molecule has 1 aliphatic rings. The number of hydrogen-bond donors (Lipinski definition) is 1. The molecule has 0 unspecified atom stereocenters. The molecular weight excluding hydrogens is 444 g/mol. The molecule has 0 spiro atoms. The van der Waals surface area contributed by atoms with E-state index in [1.165, 1.54) is 0 Å². The lowest BCUT2D eigenvalue weighted by molar-refractivity contribution is 0.302. The number of nitrogens with zero attached hydrogens (tertiary/aromatic N) is 3. The molecule has 2 aromatic carbocycles. The van der Waals surface area contributed by atoms with Gasteiger partial charge < -0.3 is 24.3 Å². The van der Waals surface area contributed by atoms with Crippen LogP contribution in [0.25, 0.3) is 5.69 Å². The number of aromatic nitrogens is 2. The predicted octanol–water partition coefficient (Wildman–Crippen LogP) is 5.06. The zero-order valence-electron chi connectivity index (χ0n) is 19.1. The Labute approximate surface area is 204 Å². The maximum Gasteiger partial charge on any atom is 0.170 e. The molecule has 0 radical (unpaired) electrons. The molecule has 0 amide bonds. The van der Waals surface area contributed by atoms with E-state index in [4.69, 9.17) is 21.7 Å². The Bertz CT molecular complexity index is 1260. The topological polar surface area (TPSA) is 51.5 Å². The van der Waals surface area contributed by atoms with Crippen molar-refractivity contribution < 1.29 is 9.47 Å². The van der Waals surface area contributed by atoms with E-state index in [2.05, 4.69) is 62.4 Å². The standard InChI is InChI=1S/C27H26N4O2S/c1-32-21-12-8-19(9-13-21)18-31-26(25(29-27(31)34)23-6-3-4-16-28-23)24-7-5-17-30(24)20-10-14-22(33-2)15-11-20/h3-17,25-26H,18H2,1-2H3,(H,29,34)/t25-,26-/m1/s1. The highest BCUT2D eigenvalue weighted by molar-refractivity contribution is 7.80. The fraction of sp³-hybridized carbons (Fsp3) is 0.185. The van der Waals surface area contributed by atoms with Crippen molar-refractivity contribution in [3.05, 3.63) is 108 Å². The minimum absolute atomic E-state index is 0.0541. The summed E-state index contributed by atoms with van der Waals surface area (Å²) in [6.45, 7) is 0.664. The Morgan fingerprint density at radius 3 is 2.24 bits per heavy atom. The quantitative estimate of drug-likeness (QED) is 0.381. The number of thiocarbonyl (C=S) groups is 1. The molecule has 34 heavy (non-hydrogen) atoms. The Morgan fingerprint density at radius 1 is 0.882 bits per heavy atom. The predicted molar refractivity (Wildman–Crippen MR) is 136 cm³/mol. The lowest BCUT2D eigenvalue weighted by atomic mass is 10.0. The van der Waals surface area contributed by atoms with E-state index in [9.17, 15) is 0 Å². The number of hydrogen-bond acceptors (Lipinski definition) is 4. The molecule has 4 aromatic rings. The Morgan fingerprint density at radius 2 is 1.59 bits per heavy atom. The van der Waals surface area contributed by atoms with E-state index in [1.807, 2.05) is 48.7 Å². The fourth-order valence-electron chi connectivity index (χ4n) is 4.44. The second kappa shape index (κ2) is 9.57. The first-order chi connectivity index (χ1) is 16.7. The molecule has 7 heteroatoms. The van der Waals surface area contributed by atoms with E-state index < -0.39 is 0 Å². The van der Waals surface area contributed by atoms with Gasteiger partial charge in [0.1, 0.15) is 11.5 Å². The first kappa shape index (κ1) is 22.0.